The quantitative estimate of drug-likeness (QED) is 0.448. The Labute approximate surface area is 63.1 Å². The van der Waals surface area contributed by atoms with Gasteiger partial charge in [0.05, 0.1) is 10.5 Å². The molecule has 1 aromatic rings. The summed E-state index contributed by atoms with van der Waals surface area (Å²) in [6, 6.07) is 7.29. The van der Waals surface area contributed by atoms with E-state index in [1.54, 1.807) is 18.2 Å². The summed E-state index contributed by atoms with van der Waals surface area (Å²) in [5, 5.41) is 10.3. The minimum atomic E-state index is -0.359. The van der Waals surface area contributed by atoms with E-state index in [2.05, 4.69) is 0 Å². The fourth-order valence-corrected chi connectivity index (χ4v) is 1.15. The van der Waals surface area contributed by atoms with E-state index in [9.17, 15) is 10.1 Å². The number of fused-ring (bicyclic) bond motifs is 1. The van der Waals surface area contributed by atoms with Crippen LogP contribution < -0.4 is 0 Å². The molecule has 11 heavy (non-hydrogen) atoms. The summed E-state index contributed by atoms with van der Waals surface area (Å²) in [4.78, 5) is 9.92. The maximum Gasteiger partial charge on any atom is 0.277 e. The number of benzene rings is 1. The number of rotatable bonds is 1. The molecule has 3 nitrogen and oxygen atoms in total. The lowest BCUT2D eigenvalue weighted by Gasteiger charge is -2.10. The van der Waals surface area contributed by atoms with E-state index in [0.717, 1.165) is 11.1 Å². The van der Waals surface area contributed by atoms with Gasteiger partial charge in [0.15, 0.2) is 0 Å². The predicted octanol–water partition coefficient (Wildman–Crippen LogP) is 1.77. The van der Waals surface area contributed by atoms with Crippen LogP contribution in [0.3, 0.4) is 0 Å². The van der Waals surface area contributed by atoms with Crippen molar-refractivity contribution in [1.82, 2.24) is 0 Å². The maximum absolute atomic E-state index is 10.3. The fourth-order valence-electron chi connectivity index (χ4n) is 1.15. The lowest BCUT2D eigenvalue weighted by molar-refractivity contribution is -0.375. The first-order chi connectivity index (χ1) is 5.29. The standard InChI is InChI=1S/C8H5NO2/c10-9(11)8-5-6-3-1-2-4-7(6)8/h1-5H. The zero-order chi connectivity index (χ0) is 7.84. The molecule has 0 amide bonds. The van der Waals surface area contributed by atoms with Crippen LogP contribution in [0, 0.1) is 10.1 Å². The van der Waals surface area contributed by atoms with Crippen LogP contribution in [-0.2, 0) is 0 Å². The Morgan fingerprint density at radius 2 is 2.00 bits per heavy atom. The number of nitro groups is 1. The molecule has 3 heteroatoms. The molecule has 0 unspecified atom stereocenters. The summed E-state index contributed by atoms with van der Waals surface area (Å²) in [5.74, 6) is 0. The number of hydrogen-bond donors (Lipinski definition) is 0. The van der Waals surface area contributed by atoms with Crippen LogP contribution in [0.25, 0.3) is 11.8 Å². The van der Waals surface area contributed by atoms with Crippen LogP contribution in [0.4, 0.5) is 0 Å². The first kappa shape index (κ1) is 6.09. The summed E-state index contributed by atoms with van der Waals surface area (Å²) in [5.41, 5.74) is 1.93. The molecule has 0 aromatic heterocycles. The Kier molecular flexibility index (Phi) is 1.06. The van der Waals surface area contributed by atoms with Gasteiger partial charge >= 0.3 is 0 Å². The van der Waals surface area contributed by atoms with Gasteiger partial charge < -0.3 is 0 Å². The van der Waals surface area contributed by atoms with Gasteiger partial charge in [-0.2, -0.15) is 0 Å². The van der Waals surface area contributed by atoms with E-state index in [4.69, 9.17) is 0 Å². The molecule has 0 saturated heterocycles. The highest BCUT2D eigenvalue weighted by atomic mass is 16.6. The van der Waals surface area contributed by atoms with Crippen LogP contribution in [0.2, 0.25) is 0 Å². The second-order valence-electron chi connectivity index (χ2n) is 2.37. The summed E-state index contributed by atoms with van der Waals surface area (Å²) < 4.78 is 0. The lowest BCUT2D eigenvalue weighted by Crippen LogP contribution is -2.06. The predicted molar refractivity (Wildman–Crippen MR) is 41.3 cm³/mol. The Balaban J connectivity index is 2.46. The van der Waals surface area contributed by atoms with E-state index in [1.165, 1.54) is 0 Å². The molecular weight excluding hydrogens is 142 g/mol. The van der Waals surface area contributed by atoms with Gasteiger partial charge in [0.2, 0.25) is 0 Å². The highest BCUT2D eigenvalue weighted by Crippen LogP contribution is 2.31. The van der Waals surface area contributed by atoms with E-state index >= 15 is 0 Å². The zero-order valence-electron chi connectivity index (χ0n) is 5.65. The molecular formula is C8H5NO2. The third-order valence-electron chi connectivity index (χ3n) is 1.73. The van der Waals surface area contributed by atoms with Crippen LogP contribution in [0.15, 0.2) is 24.3 Å². The molecule has 0 radical (unpaired) electrons. The average Bonchev–Trinajstić information content (AvgIpc) is 1.90. The van der Waals surface area contributed by atoms with Gasteiger partial charge in [-0.05, 0) is 11.6 Å². The third-order valence-corrected chi connectivity index (χ3v) is 1.73. The van der Waals surface area contributed by atoms with E-state index in [1.807, 2.05) is 12.1 Å². The maximum atomic E-state index is 10.3. The molecule has 0 spiro atoms. The highest BCUT2D eigenvalue weighted by Gasteiger charge is 2.25. The molecule has 0 N–H and O–H groups in total. The van der Waals surface area contributed by atoms with Gasteiger partial charge in [0.1, 0.15) is 0 Å². The van der Waals surface area contributed by atoms with Gasteiger partial charge in [-0.3, -0.25) is 10.1 Å². The minimum Gasteiger partial charge on any atom is -0.258 e. The van der Waals surface area contributed by atoms with Gasteiger partial charge in [-0.25, -0.2) is 0 Å². The molecule has 54 valence electrons. The molecule has 0 fully saturated rings. The number of nitrogens with zero attached hydrogens (tertiary/aromatic N) is 1. The zero-order valence-corrected chi connectivity index (χ0v) is 5.65. The molecule has 0 atom stereocenters. The lowest BCUT2D eigenvalue weighted by atomic mass is 9.94. The monoisotopic (exact) mass is 147 g/mol. The largest absolute Gasteiger partial charge is 0.277 e. The van der Waals surface area contributed by atoms with Gasteiger partial charge in [-0.1, -0.05) is 18.2 Å². The molecule has 0 bridgehead atoms. The van der Waals surface area contributed by atoms with Crippen molar-refractivity contribution in [3.8, 4) is 0 Å². The Morgan fingerprint density at radius 3 is 2.64 bits per heavy atom. The first-order valence-corrected chi connectivity index (χ1v) is 3.24. The second-order valence-corrected chi connectivity index (χ2v) is 2.37. The summed E-state index contributed by atoms with van der Waals surface area (Å²) in [7, 11) is 0. The normalized spacial score (nSPS) is 12.9. The summed E-state index contributed by atoms with van der Waals surface area (Å²) in [6.45, 7) is 0. The van der Waals surface area contributed by atoms with Crippen LogP contribution in [0.5, 0.6) is 0 Å². The van der Waals surface area contributed by atoms with Gasteiger partial charge in [-0.15, -0.1) is 0 Å². The smallest absolute Gasteiger partial charge is 0.258 e. The highest BCUT2D eigenvalue weighted by molar-refractivity contribution is 5.91. The van der Waals surface area contributed by atoms with Crippen molar-refractivity contribution in [2.75, 3.05) is 0 Å². The number of hydrogen-bond acceptors (Lipinski definition) is 2. The molecule has 0 aliphatic heterocycles. The van der Waals surface area contributed by atoms with Crippen molar-refractivity contribution in [2.24, 2.45) is 0 Å². The fraction of sp³-hybridized carbons (Fsp3) is 0. The summed E-state index contributed by atoms with van der Waals surface area (Å²) >= 11 is 0. The molecule has 0 heterocycles. The van der Waals surface area contributed by atoms with Gasteiger partial charge in [0, 0.05) is 6.08 Å². The van der Waals surface area contributed by atoms with Crippen LogP contribution >= 0.6 is 0 Å². The van der Waals surface area contributed by atoms with Crippen molar-refractivity contribution in [3.63, 3.8) is 0 Å². The average molecular weight is 147 g/mol. The minimum absolute atomic E-state index is 0.223. The van der Waals surface area contributed by atoms with Crippen molar-refractivity contribution >= 4 is 11.8 Å². The SMILES string of the molecule is O=[N+]([O-])C1=Cc2ccccc21. The van der Waals surface area contributed by atoms with E-state index < -0.39 is 0 Å². The first-order valence-electron chi connectivity index (χ1n) is 3.24. The van der Waals surface area contributed by atoms with Crippen molar-refractivity contribution in [1.29, 1.82) is 0 Å². The molecule has 0 saturated carbocycles. The topological polar surface area (TPSA) is 43.1 Å². The second kappa shape index (κ2) is 1.92. The Hall–Kier alpha value is -1.64. The Morgan fingerprint density at radius 1 is 1.27 bits per heavy atom. The molecule has 1 aliphatic carbocycles. The molecule has 2 rings (SSSR count). The third kappa shape index (κ3) is 0.741. The van der Waals surface area contributed by atoms with Crippen molar-refractivity contribution in [3.05, 3.63) is 45.5 Å². The van der Waals surface area contributed by atoms with E-state index in [0.29, 0.717) is 0 Å². The Bertz CT molecular complexity index is 355. The van der Waals surface area contributed by atoms with Crippen molar-refractivity contribution < 1.29 is 4.92 Å². The van der Waals surface area contributed by atoms with Gasteiger partial charge in [0.25, 0.3) is 5.70 Å². The summed E-state index contributed by atoms with van der Waals surface area (Å²) in [6.07, 6.45) is 1.58. The molecule has 1 aliphatic rings. The van der Waals surface area contributed by atoms with Crippen LogP contribution in [0.1, 0.15) is 11.1 Å². The molecule has 1 aromatic carbocycles. The van der Waals surface area contributed by atoms with Crippen molar-refractivity contribution in [2.45, 2.75) is 0 Å². The van der Waals surface area contributed by atoms with E-state index in [-0.39, 0.29) is 10.6 Å². The van der Waals surface area contributed by atoms with Crippen LogP contribution in [-0.4, -0.2) is 4.92 Å².